The lowest BCUT2D eigenvalue weighted by Crippen LogP contribution is -2.17. The van der Waals surface area contributed by atoms with E-state index in [1.165, 1.54) is 0 Å². The quantitative estimate of drug-likeness (QED) is 0.132. The van der Waals surface area contributed by atoms with Crippen LogP contribution in [0.1, 0.15) is 33.2 Å². The number of ketones is 1. The fraction of sp³-hybridized carbons (Fsp3) is 0.0645. The molecule has 0 aliphatic carbocycles. The summed E-state index contributed by atoms with van der Waals surface area (Å²) in [5.41, 5.74) is 1.27. The SMILES string of the molecule is Cc1ccc(C(=O)C(c2nc3n(c2O)C(=NC(=O)Nc2ccc(Cl)cc2)N=N3)c2nc3n(c2O)C(=NC(=O)Nc2ccc(Cl)cc2)N=N3)cc1. The molecule has 0 unspecified atom stereocenters. The second-order valence-corrected chi connectivity index (χ2v) is 11.5. The van der Waals surface area contributed by atoms with Crippen molar-refractivity contribution in [1.29, 1.82) is 0 Å². The van der Waals surface area contributed by atoms with Gasteiger partial charge in [-0.3, -0.25) is 4.79 Å². The van der Waals surface area contributed by atoms with E-state index in [-0.39, 0.29) is 40.8 Å². The number of azo groups is 2. The van der Waals surface area contributed by atoms with Crippen molar-refractivity contribution in [2.45, 2.75) is 12.8 Å². The number of anilines is 2. The van der Waals surface area contributed by atoms with Crippen molar-refractivity contribution in [2.75, 3.05) is 10.6 Å². The summed E-state index contributed by atoms with van der Waals surface area (Å²) in [6.07, 6.45) is 0. The second kappa shape index (κ2) is 12.8. The minimum absolute atomic E-state index is 0.191. The minimum Gasteiger partial charge on any atom is -0.493 e. The molecule has 2 aliphatic rings. The molecule has 19 heteroatoms. The fourth-order valence-electron chi connectivity index (χ4n) is 4.95. The summed E-state index contributed by atoms with van der Waals surface area (Å²) < 4.78 is 1.92. The largest absolute Gasteiger partial charge is 0.493 e. The molecule has 0 fully saturated rings. The van der Waals surface area contributed by atoms with E-state index in [0.29, 0.717) is 21.4 Å². The van der Waals surface area contributed by atoms with Gasteiger partial charge in [0.1, 0.15) is 17.3 Å². The van der Waals surface area contributed by atoms with E-state index in [0.717, 1.165) is 14.7 Å². The average molecular weight is 711 g/mol. The van der Waals surface area contributed by atoms with Crippen LogP contribution < -0.4 is 10.6 Å². The number of nitrogens with one attached hydrogen (secondary N) is 2. The van der Waals surface area contributed by atoms with E-state index in [4.69, 9.17) is 23.2 Å². The van der Waals surface area contributed by atoms with E-state index in [1.807, 2.05) is 6.92 Å². The van der Waals surface area contributed by atoms with Gasteiger partial charge in [-0.15, -0.1) is 20.5 Å². The molecule has 0 spiro atoms. The molecule has 3 aromatic carbocycles. The molecule has 2 aliphatic heterocycles. The molecule has 2 aromatic heterocycles. The Labute approximate surface area is 290 Å². The third kappa shape index (κ3) is 6.09. The Morgan fingerprint density at radius 1 is 0.660 bits per heavy atom. The molecular formula is C31H20Cl2N12O5. The minimum atomic E-state index is -1.56. The number of hydrogen-bond acceptors (Lipinski definition) is 9. The molecule has 0 radical (unpaired) electrons. The smallest absolute Gasteiger partial charge is 0.348 e. The third-order valence-corrected chi connectivity index (χ3v) is 7.82. The summed E-state index contributed by atoms with van der Waals surface area (Å²) in [7, 11) is 0. The number of benzene rings is 3. The van der Waals surface area contributed by atoms with E-state index in [9.17, 15) is 24.6 Å². The number of carbonyl (C=O) groups excluding carboxylic acids is 3. The Balaban J connectivity index is 1.25. The first-order valence-corrected chi connectivity index (χ1v) is 15.2. The molecule has 4 N–H and O–H groups in total. The van der Waals surface area contributed by atoms with Crippen molar-refractivity contribution in [3.8, 4) is 11.8 Å². The van der Waals surface area contributed by atoms with Gasteiger partial charge in [0.2, 0.25) is 11.8 Å². The van der Waals surface area contributed by atoms with Crippen molar-refractivity contribution >= 4 is 76.2 Å². The lowest BCUT2D eigenvalue weighted by atomic mass is 9.91. The van der Waals surface area contributed by atoms with E-state index >= 15 is 0 Å². The molecule has 0 bridgehead atoms. The van der Waals surface area contributed by atoms with Gasteiger partial charge >= 0.3 is 12.1 Å². The van der Waals surface area contributed by atoms with Crippen LogP contribution in [0.5, 0.6) is 11.8 Å². The first-order valence-electron chi connectivity index (χ1n) is 14.4. The van der Waals surface area contributed by atoms with Crippen molar-refractivity contribution in [3.05, 3.63) is 105 Å². The summed E-state index contributed by atoms with van der Waals surface area (Å²) in [4.78, 5) is 55.9. The predicted octanol–water partition coefficient (Wildman–Crippen LogP) is 7.19. The van der Waals surface area contributed by atoms with Crippen molar-refractivity contribution < 1.29 is 24.6 Å². The van der Waals surface area contributed by atoms with Gasteiger partial charge in [-0.1, -0.05) is 53.0 Å². The maximum atomic E-state index is 14.2. The average Bonchev–Trinajstić information content (AvgIpc) is 3.84. The first kappa shape index (κ1) is 32.0. The van der Waals surface area contributed by atoms with Gasteiger partial charge in [-0.2, -0.15) is 9.98 Å². The summed E-state index contributed by atoms with van der Waals surface area (Å²) in [6, 6.07) is 17.4. The molecule has 4 amide bonds. The number of aromatic hydroxyl groups is 2. The van der Waals surface area contributed by atoms with Gasteiger partial charge in [0.15, 0.2) is 5.78 Å². The van der Waals surface area contributed by atoms with E-state index in [1.54, 1.807) is 72.8 Å². The van der Waals surface area contributed by atoms with E-state index < -0.39 is 35.5 Å². The molecule has 5 aromatic rings. The van der Waals surface area contributed by atoms with Crippen LogP contribution in [0.2, 0.25) is 10.0 Å². The number of fused-ring (bicyclic) bond motifs is 2. The van der Waals surface area contributed by atoms with Crippen molar-refractivity contribution in [3.63, 3.8) is 0 Å². The molecule has 50 heavy (non-hydrogen) atoms. The number of imidazole rings is 2. The molecule has 17 nitrogen and oxygen atoms in total. The Hall–Kier alpha value is -6.59. The van der Waals surface area contributed by atoms with Crippen LogP contribution >= 0.6 is 23.2 Å². The van der Waals surface area contributed by atoms with Crippen molar-refractivity contribution in [2.24, 2.45) is 30.4 Å². The molecular weight excluding hydrogens is 691 g/mol. The number of carbonyl (C=O) groups is 3. The van der Waals surface area contributed by atoms with Gasteiger partial charge in [0, 0.05) is 27.0 Å². The van der Waals surface area contributed by atoms with Crippen LogP contribution in [-0.2, 0) is 0 Å². The van der Waals surface area contributed by atoms with Crippen molar-refractivity contribution in [1.82, 2.24) is 19.1 Å². The Bertz CT molecular complexity index is 2190. The number of urea groups is 2. The van der Waals surface area contributed by atoms with Gasteiger partial charge in [0.05, 0.1) is 0 Å². The van der Waals surface area contributed by atoms with Gasteiger partial charge in [-0.25, -0.2) is 28.7 Å². The predicted molar refractivity (Wildman–Crippen MR) is 181 cm³/mol. The number of Topliss-reactive ketones (excluding diaryl/α,β-unsaturated/α-hetero) is 1. The number of rotatable bonds is 6. The van der Waals surface area contributed by atoms with Gasteiger partial charge in [0.25, 0.3) is 23.8 Å². The van der Waals surface area contributed by atoms with Crippen LogP contribution in [0.15, 0.2) is 103 Å². The lowest BCUT2D eigenvalue weighted by molar-refractivity contribution is 0.0968. The zero-order valence-electron chi connectivity index (χ0n) is 25.4. The molecule has 248 valence electrons. The number of halogens is 2. The highest BCUT2D eigenvalue weighted by Gasteiger charge is 2.40. The number of hydrogen-bond donors (Lipinski definition) is 4. The number of amides is 4. The summed E-state index contributed by atoms with van der Waals surface area (Å²) >= 11 is 11.8. The van der Waals surface area contributed by atoms with Crippen LogP contribution in [0.3, 0.4) is 0 Å². The third-order valence-electron chi connectivity index (χ3n) is 7.32. The van der Waals surface area contributed by atoms with Crippen LogP contribution in [0.25, 0.3) is 0 Å². The number of aliphatic imine (C=N–C) groups is 2. The Kier molecular flexibility index (Phi) is 8.18. The fourth-order valence-corrected chi connectivity index (χ4v) is 5.20. The maximum Gasteiger partial charge on any atom is 0.348 e. The first-order chi connectivity index (χ1) is 24.0. The number of aryl methyl sites for hydroxylation is 1. The van der Waals surface area contributed by atoms with Crippen LogP contribution in [0, 0.1) is 6.92 Å². The van der Waals surface area contributed by atoms with Gasteiger partial charge < -0.3 is 20.8 Å². The standard InChI is InChI=1S/C31H20Cl2N12O5/c1-14-2-4-15(5-3-14)23(46)20(21-24(47)44-26(36-21)40-42-28(44)38-30(49)34-18-10-6-16(32)7-11-18)22-25(48)45-27(37-22)41-43-29(45)39-31(50)35-19-12-8-17(33)9-13-19/h2-13,20,47-48H,1H3,(H,34,49)(H,35,50). The zero-order chi connectivity index (χ0) is 35.1. The topological polar surface area (TPSA) is 226 Å². The normalized spacial score (nSPS) is 14.9. The number of nitrogens with zero attached hydrogens (tertiary/aromatic N) is 10. The van der Waals surface area contributed by atoms with Crippen LogP contribution in [0.4, 0.5) is 32.9 Å². The monoisotopic (exact) mass is 710 g/mol. The molecule has 0 saturated heterocycles. The Morgan fingerprint density at radius 3 is 1.50 bits per heavy atom. The zero-order valence-corrected chi connectivity index (χ0v) is 26.9. The maximum absolute atomic E-state index is 14.2. The Morgan fingerprint density at radius 2 is 1.08 bits per heavy atom. The van der Waals surface area contributed by atoms with Gasteiger partial charge in [-0.05, 0) is 55.5 Å². The van der Waals surface area contributed by atoms with Crippen LogP contribution in [-0.4, -0.2) is 59.1 Å². The molecule has 0 atom stereocenters. The number of aromatic nitrogens is 4. The highest BCUT2D eigenvalue weighted by atomic mass is 35.5. The summed E-state index contributed by atoms with van der Waals surface area (Å²) in [5.74, 6) is -4.61. The lowest BCUT2D eigenvalue weighted by Gasteiger charge is -2.14. The second-order valence-electron chi connectivity index (χ2n) is 10.7. The van der Waals surface area contributed by atoms with E-state index in [2.05, 4.69) is 51.0 Å². The molecule has 0 saturated carbocycles. The molecule has 7 rings (SSSR count). The molecule has 4 heterocycles. The summed E-state index contributed by atoms with van der Waals surface area (Å²) in [5, 5.41) is 44.4. The highest BCUT2D eigenvalue weighted by Crippen LogP contribution is 2.43. The highest BCUT2D eigenvalue weighted by molar-refractivity contribution is 6.31. The summed E-state index contributed by atoms with van der Waals surface area (Å²) in [6.45, 7) is 1.84.